The van der Waals surface area contributed by atoms with Gasteiger partial charge < -0.3 is 20.5 Å². The highest BCUT2D eigenvalue weighted by Crippen LogP contribution is 2.59. The first-order chi connectivity index (χ1) is 13.9. The fourth-order valence-electron chi connectivity index (χ4n) is 3.83. The molecule has 1 saturated heterocycles. The van der Waals surface area contributed by atoms with E-state index in [1.165, 1.54) is 0 Å². The first-order valence-electron chi connectivity index (χ1n) is 9.24. The molecular formula is C21H23N3O5. The van der Waals surface area contributed by atoms with Crippen molar-refractivity contribution in [1.82, 2.24) is 9.88 Å². The highest BCUT2D eigenvalue weighted by Gasteiger charge is 2.64. The van der Waals surface area contributed by atoms with Crippen LogP contribution in [-0.2, 0) is 20.8 Å². The predicted molar refractivity (Wildman–Crippen MR) is 104 cm³/mol. The van der Waals surface area contributed by atoms with Crippen molar-refractivity contribution in [2.75, 3.05) is 0 Å². The molecule has 2 amide bonds. The number of aliphatic carboxylic acids is 1. The van der Waals surface area contributed by atoms with Crippen LogP contribution < -0.4 is 10.5 Å². The molecule has 1 aromatic carbocycles. The van der Waals surface area contributed by atoms with Gasteiger partial charge in [-0.25, -0.2) is 4.79 Å². The van der Waals surface area contributed by atoms with E-state index in [1.54, 1.807) is 35.5 Å². The Balaban J connectivity index is 0.000000755. The maximum absolute atomic E-state index is 12.7. The van der Waals surface area contributed by atoms with Crippen molar-refractivity contribution in [3.8, 4) is 11.5 Å². The number of aromatic nitrogens is 1. The Morgan fingerprint density at radius 2 is 1.97 bits per heavy atom. The minimum Gasteiger partial charge on any atom is -0.480 e. The fraction of sp³-hybridized carbons (Fsp3) is 0.333. The van der Waals surface area contributed by atoms with Crippen molar-refractivity contribution in [2.24, 2.45) is 11.1 Å². The van der Waals surface area contributed by atoms with Crippen LogP contribution in [0.5, 0.6) is 11.5 Å². The zero-order valence-electron chi connectivity index (χ0n) is 16.0. The lowest BCUT2D eigenvalue weighted by atomic mass is 10.0. The SMILES string of the molecule is C[C@]12CC(C(=O)O)N(C(=O)Cc3ccc(Oc4cccnc4)cc3)C1C2.NC=O. The Kier molecular flexibility index (Phi) is 5.81. The van der Waals surface area contributed by atoms with Gasteiger partial charge >= 0.3 is 5.97 Å². The van der Waals surface area contributed by atoms with Crippen molar-refractivity contribution in [1.29, 1.82) is 0 Å². The van der Waals surface area contributed by atoms with Gasteiger partial charge in [0.1, 0.15) is 17.5 Å². The summed E-state index contributed by atoms with van der Waals surface area (Å²) >= 11 is 0. The molecule has 0 radical (unpaired) electrons. The van der Waals surface area contributed by atoms with E-state index in [0.29, 0.717) is 17.9 Å². The number of primary amides is 1. The molecular weight excluding hydrogens is 374 g/mol. The monoisotopic (exact) mass is 397 g/mol. The number of carboxylic acid groups (broad SMARTS) is 1. The van der Waals surface area contributed by atoms with Crippen LogP contribution in [0.4, 0.5) is 0 Å². The minimum atomic E-state index is -0.910. The molecule has 1 aromatic heterocycles. The highest BCUT2D eigenvalue weighted by atomic mass is 16.5. The quantitative estimate of drug-likeness (QED) is 0.744. The van der Waals surface area contributed by atoms with E-state index in [1.807, 2.05) is 18.2 Å². The Hall–Kier alpha value is -3.42. The lowest BCUT2D eigenvalue weighted by molar-refractivity contribution is -0.149. The first kappa shape index (κ1) is 20.3. The number of nitrogens with zero attached hydrogens (tertiary/aromatic N) is 2. The molecule has 3 N–H and O–H groups in total. The van der Waals surface area contributed by atoms with Crippen molar-refractivity contribution >= 4 is 18.3 Å². The molecule has 2 unspecified atom stereocenters. The molecule has 8 nitrogen and oxygen atoms in total. The largest absolute Gasteiger partial charge is 0.480 e. The molecule has 8 heteroatoms. The van der Waals surface area contributed by atoms with E-state index in [9.17, 15) is 14.7 Å². The van der Waals surface area contributed by atoms with Gasteiger partial charge in [0.2, 0.25) is 12.3 Å². The second kappa shape index (κ2) is 8.30. The van der Waals surface area contributed by atoms with Crippen LogP contribution in [-0.4, -0.2) is 45.4 Å². The Bertz CT molecular complexity index is 887. The Morgan fingerprint density at radius 1 is 1.28 bits per heavy atom. The third kappa shape index (κ3) is 4.53. The number of ether oxygens (including phenoxy) is 1. The number of benzene rings is 1. The molecule has 2 aliphatic rings. The number of carbonyl (C=O) groups excluding carboxylic acids is 2. The summed E-state index contributed by atoms with van der Waals surface area (Å²) in [6.07, 6.45) is 5.21. The topological polar surface area (TPSA) is 123 Å². The Morgan fingerprint density at radius 3 is 2.55 bits per heavy atom. The number of carbonyl (C=O) groups is 3. The molecule has 1 aliphatic heterocycles. The van der Waals surface area contributed by atoms with Crippen molar-refractivity contribution < 1.29 is 24.2 Å². The molecule has 29 heavy (non-hydrogen) atoms. The second-order valence-corrected chi connectivity index (χ2v) is 7.48. The summed E-state index contributed by atoms with van der Waals surface area (Å²) in [4.78, 5) is 38.4. The number of pyridine rings is 1. The molecule has 152 valence electrons. The minimum absolute atomic E-state index is 0.0138. The number of piperidine rings is 1. The molecule has 2 fully saturated rings. The van der Waals surface area contributed by atoms with Crippen molar-refractivity contribution in [2.45, 2.75) is 38.3 Å². The van der Waals surface area contributed by atoms with E-state index in [4.69, 9.17) is 9.53 Å². The average Bonchev–Trinajstić information content (AvgIpc) is 3.25. The zero-order chi connectivity index (χ0) is 21.0. The number of rotatable bonds is 5. The normalized spacial score (nSPS) is 24.0. The summed E-state index contributed by atoms with van der Waals surface area (Å²) in [5.74, 6) is 0.274. The third-order valence-electron chi connectivity index (χ3n) is 5.36. The van der Waals surface area contributed by atoms with Gasteiger partial charge in [-0.05, 0) is 48.1 Å². The van der Waals surface area contributed by atoms with Gasteiger partial charge in [-0.3, -0.25) is 14.6 Å². The number of carboxylic acids is 1. The van der Waals surface area contributed by atoms with Crippen LogP contribution in [0.2, 0.25) is 0 Å². The average molecular weight is 397 g/mol. The molecule has 3 atom stereocenters. The van der Waals surface area contributed by atoms with E-state index in [2.05, 4.69) is 17.6 Å². The Labute approximate surface area is 168 Å². The summed E-state index contributed by atoms with van der Waals surface area (Å²) in [7, 11) is 0. The van der Waals surface area contributed by atoms with Crippen molar-refractivity contribution in [3.63, 3.8) is 0 Å². The van der Waals surface area contributed by atoms with Gasteiger partial charge in [-0.2, -0.15) is 0 Å². The fourth-order valence-corrected chi connectivity index (χ4v) is 3.83. The number of hydrogen-bond donors (Lipinski definition) is 2. The smallest absolute Gasteiger partial charge is 0.326 e. The van der Waals surface area contributed by atoms with Crippen LogP contribution in [0, 0.1) is 5.41 Å². The summed E-state index contributed by atoms with van der Waals surface area (Å²) in [6, 6.07) is 10.3. The lowest BCUT2D eigenvalue weighted by Crippen LogP contribution is -2.43. The molecule has 1 saturated carbocycles. The summed E-state index contributed by atoms with van der Waals surface area (Å²) in [5, 5.41) is 9.41. The van der Waals surface area contributed by atoms with Gasteiger partial charge in [-0.1, -0.05) is 19.1 Å². The van der Waals surface area contributed by atoms with E-state index < -0.39 is 12.0 Å². The summed E-state index contributed by atoms with van der Waals surface area (Å²) in [6.45, 7) is 2.06. The van der Waals surface area contributed by atoms with E-state index >= 15 is 0 Å². The number of likely N-dealkylation sites (tertiary alicyclic amines) is 1. The van der Waals surface area contributed by atoms with Gasteiger partial charge in [0.15, 0.2) is 0 Å². The molecule has 4 rings (SSSR count). The second-order valence-electron chi connectivity index (χ2n) is 7.48. The van der Waals surface area contributed by atoms with E-state index in [0.717, 1.165) is 12.0 Å². The van der Waals surface area contributed by atoms with Gasteiger partial charge in [0.25, 0.3) is 0 Å². The first-order valence-corrected chi connectivity index (χ1v) is 9.24. The van der Waals surface area contributed by atoms with Crippen LogP contribution in [0.1, 0.15) is 25.3 Å². The van der Waals surface area contributed by atoms with Crippen LogP contribution >= 0.6 is 0 Å². The van der Waals surface area contributed by atoms with Gasteiger partial charge in [-0.15, -0.1) is 0 Å². The highest BCUT2D eigenvalue weighted by molar-refractivity contribution is 5.87. The summed E-state index contributed by atoms with van der Waals surface area (Å²) in [5.41, 5.74) is 4.99. The molecule has 0 bridgehead atoms. The van der Waals surface area contributed by atoms with Crippen LogP contribution in [0.15, 0.2) is 48.8 Å². The molecule has 0 spiro atoms. The van der Waals surface area contributed by atoms with Crippen LogP contribution in [0.3, 0.4) is 0 Å². The third-order valence-corrected chi connectivity index (χ3v) is 5.36. The number of nitrogens with two attached hydrogens (primary N) is 1. The van der Waals surface area contributed by atoms with Crippen LogP contribution in [0.25, 0.3) is 0 Å². The summed E-state index contributed by atoms with van der Waals surface area (Å²) < 4.78 is 5.69. The van der Waals surface area contributed by atoms with Gasteiger partial charge in [0, 0.05) is 12.2 Å². The maximum Gasteiger partial charge on any atom is 0.326 e. The number of fused-ring (bicyclic) bond motifs is 1. The van der Waals surface area contributed by atoms with E-state index in [-0.39, 0.29) is 30.2 Å². The molecule has 2 heterocycles. The standard InChI is InChI=1S/C20H20N2O4.CH3NO/c1-20-10-16(19(24)25)22(17(20)11-20)18(23)9-13-4-6-14(7-5-13)26-15-3-2-8-21-12-15;2-1-3/h2-8,12,16-17H,9-11H2,1H3,(H,24,25);1H,(H2,2,3)/t16?,17?,20-;/m1./s1. The van der Waals surface area contributed by atoms with Gasteiger partial charge in [0.05, 0.1) is 12.6 Å². The number of hydrogen-bond acceptors (Lipinski definition) is 5. The maximum atomic E-state index is 12.7. The lowest BCUT2D eigenvalue weighted by Gasteiger charge is -2.24. The molecule has 1 aliphatic carbocycles. The molecule has 2 aromatic rings. The predicted octanol–water partition coefficient (Wildman–Crippen LogP) is 1.98. The number of amides is 2. The zero-order valence-corrected chi connectivity index (χ0v) is 16.0. The van der Waals surface area contributed by atoms with Crippen molar-refractivity contribution in [3.05, 3.63) is 54.4 Å².